The molecule has 1 aromatic carbocycles. The smallest absolute Gasteiger partial charge is 0.127 e. The average molecular weight is 268 g/mol. The lowest BCUT2D eigenvalue weighted by atomic mass is 9.90. The normalized spacial score (nSPS) is 13.2. The van der Waals surface area contributed by atoms with Crippen molar-refractivity contribution in [2.75, 3.05) is 20.8 Å². The summed E-state index contributed by atoms with van der Waals surface area (Å²) in [6.45, 7) is 6.51. The molecule has 0 spiro atoms. The highest BCUT2D eigenvalue weighted by Crippen LogP contribution is 2.39. The maximum absolute atomic E-state index is 5.78. The molecular formula is C14H24N2O3. The molecule has 19 heavy (non-hydrogen) atoms. The molecule has 0 amide bonds. The van der Waals surface area contributed by atoms with E-state index in [0.717, 1.165) is 17.1 Å². The maximum Gasteiger partial charge on any atom is 0.127 e. The number of ether oxygens (including phenoxy) is 3. The Bertz CT molecular complexity index is 385. The molecule has 1 atom stereocenters. The standard InChI is InChI=1S/C14H24N2O3/c1-6-19-14(2,3)13(16-15)12-10(17-4)8-7-9-11(12)18-5/h7-9,13,16H,6,15H2,1-5H3. The van der Waals surface area contributed by atoms with Gasteiger partial charge in [-0.2, -0.15) is 0 Å². The van der Waals surface area contributed by atoms with Gasteiger partial charge in [0.15, 0.2) is 0 Å². The quantitative estimate of drug-likeness (QED) is 0.585. The van der Waals surface area contributed by atoms with Crippen molar-refractivity contribution in [3.63, 3.8) is 0 Å². The summed E-state index contributed by atoms with van der Waals surface area (Å²) < 4.78 is 16.6. The first-order valence-electron chi connectivity index (χ1n) is 6.32. The fourth-order valence-corrected chi connectivity index (χ4v) is 2.25. The van der Waals surface area contributed by atoms with Crippen LogP contribution in [0.5, 0.6) is 11.5 Å². The van der Waals surface area contributed by atoms with Crippen molar-refractivity contribution in [3.05, 3.63) is 23.8 Å². The fourth-order valence-electron chi connectivity index (χ4n) is 2.25. The number of hydrogen-bond donors (Lipinski definition) is 2. The molecule has 1 unspecified atom stereocenters. The van der Waals surface area contributed by atoms with Crippen LogP contribution in [0.4, 0.5) is 0 Å². The van der Waals surface area contributed by atoms with E-state index in [2.05, 4.69) is 5.43 Å². The minimum Gasteiger partial charge on any atom is -0.496 e. The van der Waals surface area contributed by atoms with Gasteiger partial charge in [0.2, 0.25) is 0 Å². The Labute approximate surface area is 115 Å². The Morgan fingerprint density at radius 1 is 1.21 bits per heavy atom. The van der Waals surface area contributed by atoms with E-state index in [1.807, 2.05) is 39.0 Å². The zero-order valence-corrected chi connectivity index (χ0v) is 12.3. The van der Waals surface area contributed by atoms with Crippen LogP contribution >= 0.6 is 0 Å². The summed E-state index contributed by atoms with van der Waals surface area (Å²) in [7, 11) is 3.25. The molecular weight excluding hydrogens is 244 g/mol. The maximum atomic E-state index is 5.78. The number of methoxy groups -OCH3 is 2. The number of nitrogens with two attached hydrogens (primary N) is 1. The Morgan fingerprint density at radius 2 is 1.74 bits per heavy atom. The summed E-state index contributed by atoms with van der Waals surface area (Å²) in [6.07, 6.45) is 0. The molecule has 0 fully saturated rings. The predicted molar refractivity (Wildman–Crippen MR) is 75.3 cm³/mol. The van der Waals surface area contributed by atoms with Crippen molar-refractivity contribution in [1.29, 1.82) is 0 Å². The van der Waals surface area contributed by atoms with E-state index < -0.39 is 5.60 Å². The van der Waals surface area contributed by atoms with Crippen LogP contribution in [-0.2, 0) is 4.74 Å². The second kappa shape index (κ2) is 6.75. The Morgan fingerprint density at radius 3 is 2.11 bits per heavy atom. The number of hydrogen-bond acceptors (Lipinski definition) is 5. The molecule has 1 rings (SSSR count). The SMILES string of the molecule is CCOC(C)(C)C(NN)c1c(OC)cccc1OC. The largest absolute Gasteiger partial charge is 0.496 e. The van der Waals surface area contributed by atoms with E-state index in [9.17, 15) is 0 Å². The van der Waals surface area contributed by atoms with Crippen LogP contribution in [0.15, 0.2) is 18.2 Å². The van der Waals surface area contributed by atoms with Gasteiger partial charge in [-0.05, 0) is 32.9 Å². The Kier molecular flexibility index (Phi) is 5.60. The van der Waals surface area contributed by atoms with Crippen molar-refractivity contribution < 1.29 is 14.2 Å². The van der Waals surface area contributed by atoms with Gasteiger partial charge in [0.25, 0.3) is 0 Å². The third-order valence-corrected chi connectivity index (χ3v) is 3.13. The highest BCUT2D eigenvalue weighted by atomic mass is 16.5. The molecule has 5 nitrogen and oxygen atoms in total. The van der Waals surface area contributed by atoms with E-state index in [1.165, 1.54) is 0 Å². The second-order valence-corrected chi connectivity index (χ2v) is 4.71. The van der Waals surface area contributed by atoms with Crippen LogP contribution in [0.2, 0.25) is 0 Å². The van der Waals surface area contributed by atoms with Gasteiger partial charge in [0, 0.05) is 6.61 Å². The first-order chi connectivity index (χ1) is 9.01. The molecule has 108 valence electrons. The molecule has 0 bridgehead atoms. The number of hydrazine groups is 1. The lowest BCUT2D eigenvalue weighted by molar-refractivity contribution is -0.0402. The van der Waals surface area contributed by atoms with Crippen LogP contribution in [-0.4, -0.2) is 26.4 Å². The number of benzene rings is 1. The van der Waals surface area contributed by atoms with E-state index in [0.29, 0.717) is 6.61 Å². The monoisotopic (exact) mass is 268 g/mol. The molecule has 0 aromatic heterocycles. The molecule has 1 aromatic rings. The fraction of sp³-hybridized carbons (Fsp3) is 0.571. The van der Waals surface area contributed by atoms with Gasteiger partial charge >= 0.3 is 0 Å². The van der Waals surface area contributed by atoms with Gasteiger partial charge in [0.05, 0.1) is 31.4 Å². The minimum atomic E-state index is -0.495. The van der Waals surface area contributed by atoms with Crippen molar-refractivity contribution >= 4 is 0 Å². The molecule has 0 saturated heterocycles. The topological polar surface area (TPSA) is 65.7 Å². The van der Waals surface area contributed by atoms with Gasteiger partial charge in [-0.25, -0.2) is 5.43 Å². The third-order valence-electron chi connectivity index (χ3n) is 3.13. The van der Waals surface area contributed by atoms with Crippen LogP contribution in [0, 0.1) is 0 Å². The first-order valence-corrected chi connectivity index (χ1v) is 6.32. The van der Waals surface area contributed by atoms with Gasteiger partial charge < -0.3 is 14.2 Å². The molecule has 0 saturated carbocycles. The number of nitrogens with one attached hydrogen (secondary N) is 1. The predicted octanol–water partition coefficient (Wildman–Crippen LogP) is 2.02. The Hall–Kier alpha value is -1.30. The molecule has 3 N–H and O–H groups in total. The van der Waals surface area contributed by atoms with Gasteiger partial charge in [-0.3, -0.25) is 5.84 Å². The summed E-state index contributed by atoms with van der Waals surface area (Å²) in [5.41, 5.74) is 3.17. The summed E-state index contributed by atoms with van der Waals surface area (Å²) in [6, 6.07) is 5.38. The first kappa shape index (κ1) is 15.8. The van der Waals surface area contributed by atoms with Gasteiger partial charge in [-0.15, -0.1) is 0 Å². The zero-order chi connectivity index (χ0) is 14.5. The number of rotatable bonds is 7. The molecule has 5 heteroatoms. The van der Waals surface area contributed by atoms with Gasteiger partial charge in [0.1, 0.15) is 11.5 Å². The summed E-state index contributed by atoms with van der Waals surface area (Å²) in [4.78, 5) is 0. The molecule has 0 radical (unpaired) electrons. The zero-order valence-electron chi connectivity index (χ0n) is 12.3. The van der Waals surface area contributed by atoms with Crippen molar-refractivity contribution in [2.24, 2.45) is 5.84 Å². The van der Waals surface area contributed by atoms with E-state index in [4.69, 9.17) is 20.1 Å². The van der Waals surface area contributed by atoms with Crippen LogP contribution in [0.3, 0.4) is 0 Å². The summed E-state index contributed by atoms with van der Waals surface area (Å²) >= 11 is 0. The van der Waals surface area contributed by atoms with E-state index in [1.54, 1.807) is 14.2 Å². The second-order valence-electron chi connectivity index (χ2n) is 4.71. The highest BCUT2D eigenvalue weighted by molar-refractivity contribution is 5.48. The van der Waals surface area contributed by atoms with Crippen LogP contribution in [0.25, 0.3) is 0 Å². The Balaban J connectivity index is 3.31. The van der Waals surface area contributed by atoms with Crippen LogP contribution in [0.1, 0.15) is 32.4 Å². The molecule has 0 aliphatic carbocycles. The molecule has 0 aliphatic heterocycles. The lowest BCUT2D eigenvalue weighted by Crippen LogP contribution is -2.44. The molecule has 0 aliphatic rings. The molecule has 0 heterocycles. The summed E-state index contributed by atoms with van der Waals surface area (Å²) in [5.74, 6) is 7.16. The van der Waals surface area contributed by atoms with E-state index in [-0.39, 0.29) is 6.04 Å². The lowest BCUT2D eigenvalue weighted by Gasteiger charge is -2.35. The van der Waals surface area contributed by atoms with Crippen molar-refractivity contribution in [1.82, 2.24) is 5.43 Å². The van der Waals surface area contributed by atoms with Gasteiger partial charge in [-0.1, -0.05) is 6.07 Å². The highest BCUT2D eigenvalue weighted by Gasteiger charge is 2.34. The van der Waals surface area contributed by atoms with E-state index >= 15 is 0 Å². The van der Waals surface area contributed by atoms with Crippen molar-refractivity contribution in [2.45, 2.75) is 32.4 Å². The van der Waals surface area contributed by atoms with Crippen LogP contribution < -0.4 is 20.7 Å². The van der Waals surface area contributed by atoms with Crippen molar-refractivity contribution in [3.8, 4) is 11.5 Å². The minimum absolute atomic E-state index is 0.251. The summed E-state index contributed by atoms with van der Waals surface area (Å²) in [5, 5.41) is 0. The average Bonchev–Trinajstić information content (AvgIpc) is 2.39. The third kappa shape index (κ3) is 3.37.